The molecule has 0 unspecified atom stereocenters. The molecule has 1 fully saturated rings. The van der Waals surface area contributed by atoms with Gasteiger partial charge >= 0.3 is 0 Å². The lowest BCUT2D eigenvalue weighted by Gasteiger charge is -2.20. The summed E-state index contributed by atoms with van der Waals surface area (Å²) in [5.74, 6) is -2.86. The van der Waals surface area contributed by atoms with Gasteiger partial charge in [-0.2, -0.15) is 8.78 Å². The molecular formula is C21H22F2N2O2S. The summed E-state index contributed by atoms with van der Waals surface area (Å²) in [6, 6.07) is 13.0. The van der Waals surface area contributed by atoms with Gasteiger partial charge in [0.15, 0.2) is 0 Å². The van der Waals surface area contributed by atoms with Crippen LogP contribution < -0.4 is 10.6 Å². The lowest BCUT2D eigenvalue weighted by molar-refractivity contribution is -0.120. The fourth-order valence-electron chi connectivity index (χ4n) is 3.30. The highest BCUT2D eigenvalue weighted by atomic mass is 32.2. The lowest BCUT2D eigenvalue weighted by Crippen LogP contribution is -2.24. The summed E-state index contributed by atoms with van der Waals surface area (Å²) < 4.78 is 25.0. The highest BCUT2D eigenvalue weighted by molar-refractivity contribution is 7.99. The molecule has 28 heavy (non-hydrogen) atoms. The van der Waals surface area contributed by atoms with Gasteiger partial charge in [-0.3, -0.25) is 9.59 Å². The van der Waals surface area contributed by atoms with Crippen molar-refractivity contribution < 1.29 is 18.4 Å². The largest absolute Gasteiger partial charge is 0.326 e. The standard InChI is InChI=1S/C21H22F2N2O2S/c22-21(23)28-18-11-5-10-17(13-18)25-20(27)15-8-4-9-16(12-15)24-19(26)14-6-2-1-3-7-14/h4-5,8-14,21H,1-3,6-7H2,(H,24,26)(H,25,27). The fourth-order valence-corrected chi connectivity index (χ4v) is 3.86. The van der Waals surface area contributed by atoms with Crippen molar-refractivity contribution in [2.75, 3.05) is 10.6 Å². The number of hydrogen-bond donors (Lipinski definition) is 2. The maximum atomic E-state index is 12.5. The van der Waals surface area contributed by atoms with Gasteiger partial charge in [-0.25, -0.2) is 0 Å². The van der Waals surface area contributed by atoms with E-state index in [1.54, 1.807) is 42.5 Å². The van der Waals surface area contributed by atoms with Crippen LogP contribution in [0.25, 0.3) is 0 Å². The minimum Gasteiger partial charge on any atom is -0.326 e. The second-order valence-electron chi connectivity index (χ2n) is 6.77. The van der Waals surface area contributed by atoms with E-state index in [0.29, 0.717) is 33.6 Å². The molecule has 0 aromatic heterocycles. The Bertz CT molecular complexity index is 839. The average molecular weight is 404 g/mol. The van der Waals surface area contributed by atoms with Crippen LogP contribution in [0.5, 0.6) is 0 Å². The van der Waals surface area contributed by atoms with Crippen molar-refractivity contribution in [2.24, 2.45) is 5.92 Å². The predicted octanol–water partition coefficient (Wildman–Crippen LogP) is 5.77. The topological polar surface area (TPSA) is 58.2 Å². The van der Waals surface area contributed by atoms with Crippen molar-refractivity contribution in [3.63, 3.8) is 0 Å². The lowest BCUT2D eigenvalue weighted by atomic mass is 9.88. The highest BCUT2D eigenvalue weighted by Gasteiger charge is 2.21. The Labute approximate surface area is 167 Å². The number of anilines is 2. The van der Waals surface area contributed by atoms with Gasteiger partial charge in [0.05, 0.1) is 0 Å². The number of carbonyl (C=O) groups excluding carboxylic acids is 2. The summed E-state index contributed by atoms with van der Waals surface area (Å²) in [5.41, 5.74) is 1.39. The number of halogens is 2. The molecule has 0 spiro atoms. The normalized spacial score (nSPS) is 14.7. The molecule has 148 valence electrons. The maximum absolute atomic E-state index is 12.5. The van der Waals surface area contributed by atoms with Crippen LogP contribution in [0.15, 0.2) is 53.4 Å². The van der Waals surface area contributed by atoms with Gasteiger partial charge in [-0.05, 0) is 49.2 Å². The van der Waals surface area contributed by atoms with Crippen LogP contribution in [0.2, 0.25) is 0 Å². The van der Waals surface area contributed by atoms with Crippen molar-refractivity contribution in [1.82, 2.24) is 0 Å². The summed E-state index contributed by atoms with van der Waals surface area (Å²) in [5, 5.41) is 5.60. The molecule has 3 rings (SSSR count). The Morgan fingerprint density at radius 1 is 0.929 bits per heavy atom. The maximum Gasteiger partial charge on any atom is 0.288 e. The third-order valence-corrected chi connectivity index (χ3v) is 5.39. The zero-order valence-corrected chi connectivity index (χ0v) is 16.1. The number of nitrogens with one attached hydrogen (secondary N) is 2. The van der Waals surface area contributed by atoms with Crippen molar-refractivity contribution in [2.45, 2.75) is 42.8 Å². The van der Waals surface area contributed by atoms with E-state index >= 15 is 0 Å². The molecule has 2 N–H and O–H groups in total. The van der Waals surface area contributed by atoms with Crippen LogP contribution in [0.1, 0.15) is 42.5 Å². The van der Waals surface area contributed by atoms with Crippen molar-refractivity contribution in [3.8, 4) is 0 Å². The van der Waals surface area contributed by atoms with Gasteiger partial charge in [0, 0.05) is 27.8 Å². The monoisotopic (exact) mass is 404 g/mol. The average Bonchev–Trinajstić information content (AvgIpc) is 2.68. The number of rotatable bonds is 6. The first-order chi connectivity index (χ1) is 13.5. The quantitative estimate of drug-likeness (QED) is 0.601. The number of amides is 2. The van der Waals surface area contributed by atoms with E-state index in [-0.39, 0.29) is 17.7 Å². The van der Waals surface area contributed by atoms with Gasteiger partial charge in [0.25, 0.3) is 11.7 Å². The van der Waals surface area contributed by atoms with Crippen LogP contribution in [0.3, 0.4) is 0 Å². The van der Waals surface area contributed by atoms with Crippen LogP contribution in [-0.4, -0.2) is 17.6 Å². The Balaban J connectivity index is 1.64. The van der Waals surface area contributed by atoms with E-state index in [4.69, 9.17) is 0 Å². The van der Waals surface area contributed by atoms with E-state index in [1.807, 2.05) is 0 Å². The number of alkyl halides is 2. The third-order valence-electron chi connectivity index (χ3n) is 4.69. The molecule has 0 radical (unpaired) electrons. The number of carbonyl (C=O) groups is 2. The van der Waals surface area contributed by atoms with E-state index in [9.17, 15) is 18.4 Å². The zero-order valence-electron chi connectivity index (χ0n) is 15.3. The molecule has 2 aromatic carbocycles. The van der Waals surface area contributed by atoms with Gasteiger partial charge in [0.1, 0.15) is 0 Å². The molecule has 2 aromatic rings. The molecule has 1 aliphatic rings. The Morgan fingerprint density at radius 3 is 2.32 bits per heavy atom. The van der Waals surface area contributed by atoms with E-state index in [1.165, 1.54) is 12.5 Å². The van der Waals surface area contributed by atoms with E-state index in [2.05, 4.69) is 10.6 Å². The van der Waals surface area contributed by atoms with E-state index < -0.39 is 5.76 Å². The minimum atomic E-state index is -2.52. The van der Waals surface area contributed by atoms with Crippen LogP contribution in [0, 0.1) is 5.92 Å². The molecular weight excluding hydrogens is 382 g/mol. The predicted molar refractivity (Wildman–Crippen MR) is 108 cm³/mol. The van der Waals surface area contributed by atoms with Gasteiger partial charge in [-0.1, -0.05) is 43.2 Å². The first kappa shape index (κ1) is 20.3. The Hall–Kier alpha value is -2.41. The van der Waals surface area contributed by atoms with Crippen molar-refractivity contribution in [1.29, 1.82) is 0 Å². The van der Waals surface area contributed by atoms with E-state index in [0.717, 1.165) is 25.7 Å². The van der Waals surface area contributed by atoms with Gasteiger partial charge in [0.2, 0.25) is 5.91 Å². The Morgan fingerprint density at radius 2 is 1.61 bits per heavy atom. The molecule has 0 bridgehead atoms. The summed E-state index contributed by atoms with van der Waals surface area (Å²) in [7, 11) is 0. The fraction of sp³-hybridized carbons (Fsp3) is 0.333. The minimum absolute atomic E-state index is 0.00557. The third kappa shape index (κ3) is 5.79. The van der Waals surface area contributed by atoms with Gasteiger partial charge < -0.3 is 10.6 Å². The Kier molecular flexibility index (Phi) is 7.03. The van der Waals surface area contributed by atoms with Crippen LogP contribution in [-0.2, 0) is 4.79 Å². The summed E-state index contributed by atoms with van der Waals surface area (Å²) >= 11 is 0.426. The second-order valence-corrected chi connectivity index (χ2v) is 7.83. The van der Waals surface area contributed by atoms with Crippen LogP contribution in [0.4, 0.5) is 20.2 Å². The summed E-state index contributed by atoms with van der Waals surface area (Å²) in [6.45, 7) is 0. The zero-order chi connectivity index (χ0) is 19.9. The van der Waals surface area contributed by atoms with Crippen molar-refractivity contribution in [3.05, 3.63) is 54.1 Å². The number of benzene rings is 2. The van der Waals surface area contributed by atoms with Gasteiger partial charge in [-0.15, -0.1) is 0 Å². The molecule has 1 aliphatic carbocycles. The molecule has 0 aliphatic heterocycles. The first-order valence-electron chi connectivity index (χ1n) is 9.28. The molecule has 7 heteroatoms. The molecule has 0 saturated heterocycles. The highest BCUT2D eigenvalue weighted by Crippen LogP contribution is 2.28. The van der Waals surface area contributed by atoms with Crippen LogP contribution >= 0.6 is 11.8 Å². The molecule has 2 amide bonds. The molecule has 1 saturated carbocycles. The summed E-state index contributed by atoms with van der Waals surface area (Å²) in [6.07, 6.45) is 5.13. The first-order valence-corrected chi connectivity index (χ1v) is 10.2. The second kappa shape index (κ2) is 9.68. The smallest absolute Gasteiger partial charge is 0.288 e. The number of thioether (sulfide) groups is 1. The van der Waals surface area contributed by atoms with Crippen molar-refractivity contribution >= 4 is 35.0 Å². The molecule has 0 heterocycles. The number of hydrogen-bond acceptors (Lipinski definition) is 3. The molecule has 0 atom stereocenters. The SMILES string of the molecule is O=C(Nc1cccc(SC(F)F)c1)c1cccc(NC(=O)C2CCCCC2)c1. The molecule has 4 nitrogen and oxygen atoms in total. The summed E-state index contributed by atoms with van der Waals surface area (Å²) in [4.78, 5) is 25.3.